The van der Waals surface area contributed by atoms with Gasteiger partial charge in [0.1, 0.15) is 6.04 Å². The van der Waals surface area contributed by atoms with Crippen molar-refractivity contribution < 1.29 is 13.2 Å². The molecule has 19 heavy (non-hydrogen) atoms. The molecule has 6 heteroatoms. The lowest BCUT2D eigenvalue weighted by Crippen LogP contribution is -2.42. The molecule has 1 fully saturated rings. The lowest BCUT2D eigenvalue weighted by Gasteiger charge is -2.26. The monoisotopic (exact) mass is 282 g/mol. The first-order valence-electron chi connectivity index (χ1n) is 6.18. The van der Waals surface area contributed by atoms with Crippen molar-refractivity contribution in [2.24, 2.45) is 5.73 Å². The highest BCUT2D eigenvalue weighted by Crippen LogP contribution is 2.20. The third-order valence-corrected chi connectivity index (χ3v) is 5.28. The van der Waals surface area contributed by atoms with Crippen LogP contribution >= 0.6 is 0 Å². The lowest BCUT2D eigenvalue weighted by atomic mass is 10.1. The molecule has 1 aliphatic heterocycles. The maximum Gasteiger partial charge on any atom is 0.244 e. The van der Waals surface area contributed by atoms with E-state index in [1.807, 2.05) is 18.2 Å². The van der Waals surface area contributed by atoms with Gasteiger partial charge in [-0.25, -0.2) is 8.42 Å². The van der Waals surface area contributed by atoms with Gasteiger partial charge in [0, 0.05) is 13.1 Å². The summed E-state index contributed by atoms with van der Waals surface area (Å²) in [4.78, 5) is 13.7. The number of amides is 1. The molecule has 1 saturated heterocycles. The fourth-order valence-corrected chi connectivity index (χ4v) is 4.06. The molecule has 5 nitrogen and oxygen atoms in total. The van der Waals surface area contributed by atoms with Gasteiger partial charge in [-0.1, -0.05) is 30.3 Å². The minimum Gasteiger partial charge on any atom is -0.340 e. The Bertz CT molecular complexity index is 557. The third kappa shape index (κ3) is 3.13. The van der Waals surface area contributed by atoms with E-state index in [1.54, 1.807) is 19.2 Å². The van der Waals surface area contributed by atoms with Gasteiger partial charge in [0.2, 0.25) is 5.91 Å². The minimum atomic E-state index is -3.00. The van der Waals surface area contributed by atoms with Crippen LogP contribution in [0.3, 0.4) is 0 Å². The van der Waals surface area contributed by atoms with Gasteiger partial charge < -0.3 is 10.6 Å². The van der Waals surface area contributed by atoms with Crippen molar-refractivity contribution in [2.75, 3.05) is 18.6 Å². The highest BCUT2D eigenvalue weighted by molar-refractivity contribution is 7.91. The molecule has 2 atom stereocenters. The number of rotatable bonds is 3. The number of likely N-dealkylation sites (N-methyl/N-ethyl adjacent to an activating group) is 1. The number of carbonyl (C=O) groups excluding carboxylic acids is 1. The maximum absolute atomic E-state index is 12.2. The van der Waals surface area contributed by atoms with Crippen LogP contribution in [0.25, 0.3) is 0 Å². The standard InChI is InChI=1S/C13H18N2O3S/c1-15(11-7-8-19(17,18)9-11)13(16)12(14)10-5-3-2-4-6-10/h2-6,11-12H,7-9,14H2,1H3/t11?,12-/m0/s1. The molecule has 0 aromatic heterocycles. The van der Waals surface area contributed by atoms with Crippen LogP contribution < -0.4 is 5.73 Å². The van der Waals surface area contributed by atoms with Crippen LogP contribution in [0.4, 0.5) is 0 Å². The van der Waals surface area contributed by atoms with E-state index in [0.717, 1.165) is 5.56 Å². The van der Waals surface area contributed by atoms with E-state index in [1.165, 1.54) is 4.90 Å². The molecule has 1 aromatic rings. The Morgan fingerprint density at radius 2 is 2.00 bits per heavy atom. The summed E-state index contributed by atoms with van der Waals surface area (Å²) in [6.07, 6.45) is 0.492. The summed E-state index contributed by atoms with van der Waals surface area (Å²) in [5, 5.41) is 0. The van der Waals surface area contributed by atoms with Gasteiger partial charge in [-0.15, -0.1) is 0 Å². The lowest BCUT2D eigenvalue weighted by molar-refractivity contribution is -0.133. The summed E-state index contributed by atoms with van der Waals surface area (Å²) in [5.41, 5.74) is 6.67. The van der Waals surface area contributed by atoms with E-state index in [2.05, 4.69) is 0 Å². The molecule has 104 valence electrons. The van der Waals surface area contributed by atoms with Crippen LogP contribution in [0.2, 0.25) is 0 Å². The number of sulfone groups is 1. The van der Waals surface area contributed by atoms with Gasteiger partial charge in [0.25, 0.3) is 0 Å². The highest BCUT2D eigenvalue weighted by Gasteiger charge is 2.34. The summed E-state index contributed by atoms with van der Waals surface area (Å²) >= 11 is 0. The Balaban J connectivity index is 2.08. The quantitative estimate of drug-likeness (QED) is 0.866. The topological polar surface area (TPSA) is 80.5 Å². The molecule has 2 rings (SSSR count). The van der Waals surface area contributed by atoms with Crippen molar-refractivity contribution in [1.29, 1.82) is 0 Å². The molecule has 0 saturated carbocycles. The zero-order valence-corrected chi connectivity index (χ0v) is 11.6. The fraction of sp³-hybridized carbons (Fsp3) is 0.462. The Morgan fingerprint density at radius 3 is 2.53 bits per heavy atom. The normalized spacial score (nSPS) is 22.9. The van der Waals surface area contributed by atoms with Crippen molar-refractivity contribution in [3.05, 3.63) is 35.9 Å². The van der Waals surface area contributed by atoms with Crippen LogP contribution in [0.15, 0.2) is 30.3 Å². The van der Waals surface area contributed by atoms with E-state index in [0.29, 0.717) is 6.42 Å². The van der Waals surface area contributed by atoms with Crippen LogP contribution in [-0.2, 0) is 14.6 Å². The van der Waals surface area contributed by atoms with E-state index in [4.69, 9.17) is 5.73 Å². The predicted molar refractivity (Wildman–Crippen MR) is 73.2 cm³/mol. The van der Waals surface area contributed by atoms with Gasteiger partial charge >= 0.3 is 0 Å². The third-order valence-electron chi connectivity index (χ3n) is 3.53. The highest BCUT2D eigenvalue weighted by atomic mass is 32.2. The Kier molecular flexibility index (Phi) is 3.91. The second kappa shape index (κ2) is 5.30. The molecule has 0 radical (unpaired) electrons. The molecule has 2 N–H and O–H groups in total. The molecular weight excluding hydrogens is 264 g/mol. The summed E-state index contributed by atoms with van der Waals surface area (Å²) in [6, 6.07) is 8.09. The van der Waals surface area contributed by atoms with Crippen molar-refractivity contribution in [3.63, 3.8) is 0 Å². The second-order valence-corrected chi connectivity index (χ2v) is 7.12. The Labute approximate surface area is 113 Å². The van der Waals surface area contributed by atoms with Crippen LogP contribution in [0, 0.1) is 0 Å². The summed E-state index contributed by atoms with van der Waals surface area (Å²) in [7, 11) is -1.38. The van der Waals surface area contributed by atoms with Crippen molar-refractivity contribution >= 4 is 15.7 Å². The second-order valence-electron chi connectivity index (χ2n) is 4.89. The maximum atomic E-state index is 12.2. The number of nitrogens with zero attached hydrogens (tertiary/aromatic N) is 1. The van der Waals surface area contributed by atoms with Crippen molar-refractivity contribution in [2.45, 2.75) is 18.5 Å². The van der Waals surface area contributed by atoms with Crippen molar-refractivity contribution in [1.82, 2.24) is 4.90 Å². The largest absolute Gasteiger partial charge is 0.340 e. The SMILES string of the molecule is CN(C(=O)[C@@H](N)c1ccccc1)C1CCS(=O)(=O)C1. The number of benzene rings is 1. The van der Waals surface area contributed by atoms with Gasteiger partial charge in [-0.05, 0) is 12.0 Å². The molecule has 0 bridgehead atoms. The average Bonchev–Trinajstić information content (AvgIpc) is 2.77. The summed E-state index contributed by atoms with van der Waals surface area (Å²) in [5.74, 6) is -0.0552. The first-order valence-corrected chi connectivity index (χ1v) is 8.00. The van der Waals surface area contributed by atoms with Crippen LogP contribution in [0.5, 0.6) is 0 Å². The zero-order chi connectivity index (χ0) is 14.0. The average molecular weight is 282 g/mol. The molecule has 1 aliphatic rings. The molecule has 1 aromatic carbocycles. The van der Waals surface area contributed by atoms with Crippen LogP contribution in [-0.4, -0.2) is 43.8 Å². The van der Waals surface area contributed by atoms with E-state index >= 15 is 0 Å². The van der Waals surface area contributed by atoms with E-state index in [9.17, 15) is 13.2 Å². The van der Waals surface area contributed by atoms with Gasteiger partial charge in [-0.2, -0.15) is 0 Å². The summed E-state index contributed by atoms with van der Waals surface area (Å²) in [6.45, 7) is 0. The van der Waals surface area contributed by atoms with Gasteiger partial charge in [0.05, 0.1) is 11.5 Å². The Morgan fingerprint density at radius 1 is 1.37 bits per heavy atom. The molecular formula is C13H18N2O3S. The Hall–Kier alpha value is -1.40. The first-order chi connectivity index (χ1) is 8.91. The predicted octanol–water partition coefficient (Wildman–Crippen LogP) is 0.332. The van der Waals surface area contributed by atoms with Crippen LogP contribution in [0.1, 0.15) is 18.0 Å². The molecule has 1 amide bonds. The number of hydrogen-bond donors (Lipinski definition) is 1. The smallest absolute Gasteiger partial charge is 0.244 e. The minimum absolute atomic E-state index is 0.0384. The number of carbonyl (C=O) groups is 1. The first kappa shape index (κ1) is 14.0. The molecule has 0 spiro atoms. The van der Waals surface area contributed by atoms with E-state index < -0.39 is 15.9 Å². The summed E-state index contributed by atoms with van der Waals surface area (Å²) < 4.78 is 22.9. The van der Waals surface area contributed by atoms with Gasteiger partial charge in [0.15, 0.2) is 9.84 Å². The van der Waals surface area contributed by atoms with E-state index in [-0.39, 0.29) is 23.5 Å². The fourth-order valence-electron chi connectivity index (χ4n) is 2.28. The number of nitrogens with two attached hydrogens (primary N) is 1. The van der Waals surface area contributed by atoms with Gasteiger partial charge in [-0.3, -0.25) is 4.79 Å². The molecule has 1 heterocycles. The van der Waals surface area contributed by atoms with Crippen molar-refractivity contribution in [3.8, 4) is 0 Å². The number of hydrogen-bond acceptors (Lipinski definition) is 4. The molecule has 1 unspecified atom stereocenters. The molecule has 0 aliphatic carbocycles. The zero-order valence-electron chi connectivity index (χ0n) is 10.8.